The molecule has 4 rings (SSSR count). The normalized spacial score (nSPS) is 16.7. The van der Waals surface area contributed by atoms with E-state index in [1.165, 1.54) is 22.9 Å². The Hall–Kier alpha value is -2.43. The molecule has 0 bridgehead atoms. The summed E-state index contributed by atoms with van der Waals surface area (Å²) < 4.78 is 24.9. The van der Waals surface area contributed by atoms with Crippen molar-refractivity contribution >= 4 is 10.8 Å². The second-order valence-corrected chi connectivity index (χ2v) is 6.94. The van der Waals surface area contributed by atoms with Crippen molar-refractivity contribution in [3.63, 3.8) is 0 Å². The van der Waals surface area contributed by atoms with Gasteiger partial charge in [-0.2, -0.15) is 0 Å². The Bertz CT molecular complexity index is 889. The minimum Gasteiger partial charge on any atom is -0.491 e. The van der Waals surface area contributed by atoms with Gasteiger partial charge in [-0.3, -0.25) is 0 Å². The van der Waals surface area contributed by atoms with Crippen LogP contribution >= 0.6 is 0 Å². The van der Waals surface area contributed by atoms with E-state index in [0.717, 1.165) is 36.3 Å². The molecule has 1 aliphatic rings. The van der Waals surface area contributed by atoms with Crippen molar-refractivity contribution in [2.75, 3.05) is 13.2 Å². The van der Waals surface area contributed by atoms with E-state index in [2.05, 4.69) is 29.6 Å². The van der Waals surface area contributed by atoms with Crippen LogP contribution in [0.4, 0.5) is 4.39 Å². The molecular weight excluding hydrogens is 341 g/mol. The van der Waals surface area contributed by atoms with E-state index < -0.39 is 0 Å². The van der Waals surface area contributed by atoms with Crippen molar-refractivity contribution in [2.45, 2.75) is 32.0 Å². The molecule has 1 N–H and O–H groups in total. The average Bonchev–Trinajstić information content (AvgIpc) is 3.22. The van der Waals surface area contributed by atoms with Crippen LogP contribution in [-0.2, 0) is 17.8 Å². The Morgan fingerprint density at radius 3 is 2.67 bits per heavy atom. The van der Waals surface area contributed by atoms with Gasteiger partial charge in [-0.1, -0.05) is 42.5 Å². The zero-order chi connectivity index (χ0) is 18.5. The lowest BCUT2D eigenvalue weighted by atomic mass is 10.0. The number of benzene rings is 3. The van der Waals surface area contributed by atoms with Crippen LogP contribution in [0.5, 0.6) is 5.75 Å². The minimum atomic E-state index is -0.211. The molecule has 0 aromatic heterocycles. The van der Waals surface area contributed by atoms with Gasteiger partial charge in [0.05, 0.1) is 6.10 Å². The van der Waals surface area contributed by atoms with Crippen LogP contribution in [0.3, 0.4) is 0 Å². The van der Waals surface area contributed by atoms with E-state index in [9.17, 15) is 4.39 Å². The van der Waals surface area contributed by atoms with Crippen molar-refractivity contribution in [1.29, 1.82) is 0 Å². The van der Waals surface area contributed by atoms with E-state index in [1.807, 2.05) is 12.1 Å². The number of fused-ring (bicyclic) bond motifs is 1. The number of ether oxygens (including phenoxy) is 2. The molecule has 1 saturated heterocycles. The number of hydrogen-bond donors (Lipinski definition) is 1. The average molecular weight is 365 g/mol. The van der Waals surface area contributed by atoms with Gasteiger partial charge in [0, 0.05) is 25.3 Å². The van der Waals surface area contributed by atoms with E-state index in [4.69, 9.17) is 9.47 Å². The van der Waals surface area contributed by atoms with E-state index >= 15 is 0 Å². The van der Waals surface area contributed by atoms with Gasteiger partial charge in [0.2, 0.25) is 0 Å². The van der Waals surface area contributed by atoms with Crippen LogP contribution < -0.4 is 10.1 Å². The van der Waals surface area contributed by atoms with Crippen LogP contribution in [0.25, 0.3) is 10.8 Å². The molecule has 4 heteroatoms. The fourth-order valence-corrected chi connectivity index (χ4v) is 3.53. The molecule has 1 atom stereocenters. The lowest BCUT2D eigenvalue weighted by molar-refractivity contribution is 0.0676. The molecule has 3 aromatic carbocycles. The largest absolute Gasteiger partial charge is 0.491 e. The maximum absolute atomic E-state index is 13.1. The fraction of sp³-hybridized carbons (Fsp3) is 0.304. The third-order valence-corrected chi connectivity index (χ3v) is 4.99. The van der Waals surface area contributed by atoms with Gasteiger partial charge >= 0.3 is 0 Å². The van der Waals surface area contributed by atoms with Crippen LogP contribution in [0.2, 0.25) is 0 Å². The van der Waals surface area contributed by atoms with Crippen molar-refractivity contribution in [1.82, 2.24) is 5.32 Å². The topological polar surface area (TPSA) is 30.5 Å². The van der Waals surface area contributed by atoms with Crippen molar-refractivity contribution in [3.8, 4) is 5.75 Å². The molecule has 0 amide bonds. The Balaban J connectivity index is 1.50. The van der Waals surface area contributed by atoms with Crippen molar-refractivity contribution in [3.05, 3.63) is 77.6 Å². The molecule has 1 heterocycles. The van der Waals surface area contributed by atoms with E-state index in [-0.39, 0.29) is 11.9 Å². The first kappa shape index (κ1) is 18.0. The molecule has 3 aromatic rings. The summed E-state index contributed by atoms with van der Waals surface area (Å²) in [6.07, 6.45) is 2.36. The van der Waals surface area contributed by atoms with Crippen molar-refractivity contribution < 1.29 is 13.9 Å². The summed E-state index contributed by atoms with van der Waals surface area (Å²) in [5.41, 5.74) is 2.20. The van der Waals surface area contributed by atoms with Crippen LogP contribution in [-0.4, -0.2) is 19.3 Å². The first-order valence-electron chi connectivity index (χ1n) is 9.50. The molecule has 1 unspecified atom stereocenters. The predicted octanol–water partition coefficient (Wildman–Crippen LogP) is 4.83. The summed E-state index contributed by atoms with van der Waals surface area (Å²) in [5.74, 6) is 0.688. The first-order chi connectivity index (χ1) is 13.3. The van der Waals surface area contributed by atoms with Crippen molar-refractivity contribution in [2.24, 2.45) is 0 Å². The molecule has 1 aliphatic heterocycles. The zero-order valence-corrected chi connectivity index (χ0v) is 15.3. The van der Waals surface area contributed by atoms with E-state index in [0.29, 0.717) is 19.7 Å². The van der Waals surface area contributed by atoms with Gasteiger partial charge in [0.25, 0.3) is 0 Å². The smallest absolute Gasteiger partial charge is 0.124 e. The van der Waals surface area contributed by atoms with Gasteiger partial charge in [-0.05, 0) is 47.4 Å². The third kappa shape index (κ3) is 4.46. The summed E-state index contributed by atoms with van der Waals surface area (Å²) in [5, 5.41) is 5.85. The molecule has 0 saturated carbocycles. The molecule has 1 fully saturated rings. The van der Waals surface area contributed by atoms with Gasteiger partial charge in [-0.15, -0.1) is 0 Å². The van der Waals surface area contributed by atoms with Crippen LogP contribution in [0.1, 0.15) is 24.0 Å². The van der Waals surface area contributed by atoms with Crippen LogP contribution in [0, 0.1) is 5.82 Å². The second-order valence-electron chi connectivity index (χ2n) is 6.94. The Morgan fingerprint density at radius 1 is 1.00 bits per heavy atom. The summed E-state index contributed by atoms with van der Waals surface area (Å²) in [6, 6.07) is 19.1. The molecule has 0 radical (unpaired) electrons. The number of halogens is 1. The maximum atomic E-state index is 13.1. The third-order valence-electron chi connectivity index (χ3n) is 4.99. The lowest BCUT2D eigenvalue weighted by Gasteiger charge is -2.17. The highest BCUT2D eigenvalue weighted by atomic mass is 19.1. The highest BCUT2D eigenvalue weighted by Crippen LogP contribution is 2.29. The van der Waals surface area contributed by atoms with Gasteiger partial charge in [0.15, 0.2) is 0 Å². The predicted molar refractivity (Wildman–Crippen MR) is 105 cm³/mol. The maximum Gasteiger partial charge on any atom is 0.124 e. The number of nitrogens with one attached hydrogen (secondary N) is 1. The monoisotopic (exact) mass is 365 g/mol. The van der Waals surface area contributed by atoms with Gasteiger partial charge < -0.3 is 14.8 Å². The SMILES string of the molecule is Fc1ccc(CNCc2c(OCC3CCCO3)ccc3ccccc23)cc1. The summed E-state index contributed by atoms with van der Waals surface area (Å²) in [4.78, 5) is 0. The van der Waals surface area contributed by atoms with E-state index in [1.54, 1.807) is 12.1 Å². The minimum absolute atomic E-state index is 0.191. The van der Waals surface area contributed by atoms with Gasteiger partial charge in [0.1, 0.15) is 18.2 Å². The lowest BCUT2D eigenvalue weighted by Crippen LogP contribution is -2.18. The Labute approximate surface area is 159 Å². The Kier molecular flexibility index (Phi) is 5.66. The molecular formula is C23H24FNO2. The fourth-order valence-electron chi connectivity index (χ4n) is 3.53. The molecule has 140 valence electrons. The summed E-state index contributed by atoms with van der Waals surface area (Å²) in [6.45, 7) is 2.77. The number of rotatable bonds is 7. The highest BCUT2D eigenvalue weighted by Gasteiger charge is 2.17. The summed E-state index contributed by atoms with van der Waals surface area (Å²) >= 11 is 0. The number of hydrogen-bond acceptors (Lipinski definition) is 3. The second kappa shape index (κ2) is 8.51. The highest BCUT2D eigenvalue weighted by molar-refractivity contribution is 5.87. The van der Waals surface area contributed by atoms with Crippen LogP contribution in [0.15, 0.2) is 60.7 Å². The molecule has 3 nitrogen and oxygen atoms in total. The zero-order valence-electron chi connectivity index (χ0n) is 15.3. The van der Waals surface area contributed by atoms with Gasteiger partial charge in [-0.25, -0.2) is 4.39 Å². The quantitative estimate of drug-likeness (QED) is 0.651. The molecule has 27 heavy (non-hydrogen) atoms. The Morgan fingerprint density at radius 2 is 1.85 bits per heavy atom. The molecule has 0 spiro atoms. The summed E-state index contributed by atoms with van der Waals surface area (Å²) in [7, 11) is 0. The molecule has 0 aliphatic carbocycles. The first-order valence-corrected chi connectivity index (χ1v) is 9.50. The standard InChI is InChI=1S/C23H24FNO2/c24-19-10-7-17(8-11-19)14-25-15-22-21-6-2-1-4-18(21)9-12-23(22)27-16-20-5-3-13-26-20/h1-2,4,6-12,20,25H,3,5,13-16H2.